The van der Waals surface area contributed by atoms with Gasteiger partial charge in [0, 0.05) is 47.5 Å². The van der Waals surface area contributed by atoms with Gasteiger partial charge in [-0.05, 0) is 81.0 Å². The van der Waals surface area contributed by atoms with Crippen LogP contribution in [-0.4, -0.2) is 74.5 Å². The first kappa shape index (κ1) is 26.6. The Morgan fingerprint density at radius 3 is 2.43 bits per heavy atom. The molecule has 0 radical (unpaired) electrons. The third-order valence-electron chi connectivity index (χ3n) is 11.7. The highest BCUT2D eigenvalue weighted by atomic mass is 16.5. The van der Waals surface area contributed by atoms with Gasteiger partial charge < -0.3 is 24.5 Å². The summed E-state index contributed by atoms with van der Waals surface area (Å²) >= 11 is 0. The third kappa shape index (κ3) is 4.10. The van der Waals surface area contributed by atoms with Crippen LogP contribution in [0.4, 0.5) is 0 Å². The van der Waals surface area contributed by atoms with Crippen LogP contribution in [0.25, 0.3) is 11.0 Å². The normalized spacial score (nSPS) is 31.9. The van der Waals surface area contributed by atoms with Gasteiger partial charge in [-0.25, -0.2) is 0 Å². The Balaban J connectivity index is 0.962. The van der Waals surface area contributed by atoms with Gasteiger partial charge in [0.25, 0.3) is 0 Å². The fourth-order valence-electron chi connectivity index (χ4n) is 9.60. The van der Waals surface area contributed by atoms with Crippen LogP contribution in [0.3, 0.4) is 0 Å². The fourth-order valence-corrected chi connectivity index (χ4v) is 9.60. The van der Waals surface area contributed by atoms with Crippen molar-refractivity contribution in [2.75, 3.05) is 32.8 Å². The van der Waals surface area contributed by atoms with Crippen molar-refractivity contribution < 1.29 is 19.5 Å². The molecule has 224 valence electrons. The van der Waals surface area contributed by atoms with Crippen molar-refractivity contribution in [3.8, 4) is 11.8 Å². The molecule has 4 heterocycles. The summed E-state index contributed by atoms with van der Waals surface area (Å²) in [6, 6.07) is 8.27. The van der Waals surface area contributed by atoms with E-state index in [0.29, 0.717) is 37.5 Å². The molecule has 3 N–H and O–H groups in total. The molecular formula is C33H43N5O4. The summed E-state index contributed by atoms with van der Waals surface area (Å²) in [5.74, 6) is 2.65. The molecule has 42 heavy (non-hydrogen) atoms. The summed E-state index contributed by atoms with van der Waals surface area (Å²) < 4.78 is 7.42. The number of hydrogen-bond donors (Lipinski definition) is 3. The maximum Gasteiger partial charge on any atom is 0.237 e. The van der Waals surface area contributed by atoms with E-state index in [2.05, 4.69) is 34.4 Å². The smallest absolute Gasteiger partial charge is 0.237 e. The zero-order valence-corrected chi connectivity index (χ0v) is 24.5. The highest BCUT2D eigenvalue weighted by Crippen LogP contribution is 2.63. The van der Waals surface area contributed by atoms with Crippen LogP contribution in [0, 0.1) is 17.8 Å². The summed E-state index contributed by atoms with van der Waals surface area (Å²) in [7, 11) is 0. The second-order valence-electron chi connectivity index (χ2n) is 13.8. The fraction of sp³-hybridized carbons (Fsp3) is 0.636. The SMILES string of the molecule is CC1C2CC(c3c2c(O)n(C[C@H]2CCCC[C@@H]2CN2CCC(c4noc5ccccc45)CC2)c3O)C1N1CNCC1=O. The van der Waals surface area contributed by atoms with Crippen LogP contribution in [0.5, 0.6) is 11.8 Å². The highest BCUT2D eigenvalue weighted by Gasteiger charge is 2.56. The van der Waals surface area contributed by atoms with E-state index in [1.54, 1.807) is 0 Å². The Kier molecular flexibility index (Phi) is 6.52. The standard InChI is InChI=1S/C33H43N5O4/c1-19-24-14-25(31(19)38-18-34-15-27(38)39)29-28(24)32(40)37(33(29)41)17-22-7-3-2-6-21(22)16-36-12-10-20(11-13-36)30-23-8-4-5-9-26(23)42-35-30/h4-5,8-9,19-22,24-25,31,34,40-41H,2-3,6-7,10-18H2,1H3/t19?,21-,22-,24?,25?,31?/m1/s1. The molecule has 1 aromatic carbocycles. The minimum atomic E-state index is 0.0896. The number of para-hydroxylation sites is 1. The van der Waals surface area contributed by atoms with Gasteiger partial charge in [-0.15, -0.1) is 0 Å². The number of benzene rings is 1. The number of aromatic nitrogens is 2. The first-order valence-corrected chi connectivity index (χ1v) is 16.2. The Hall–Kier alpha value is -3.04. The number of amides is 1. The monoisotopic (exact) mass is 573 g/mol. The van der Waals surface area contributed by atoms with Gasteiger partial charge in [0.05, 0.1) is 18.9 Å². The van der Waals surface area contributed by atoms with Crippen LogP contribution in [-0.2, 0) is 11.3 Å². The molecule has 9 nitrogen and oxygen atoms in total. The van der Waals surface area contributed by atoms with Crippen LogP contribution in [0.1, 0.15) is 86.4 Å². The first-order valence-electron chi connectivity index (χ1n) is 16.2. The van der Waals surface area contributed by atoms with Crippen molar-refractivity contribution in [3.63, 3.8) is 0 Å². The lowest BCUT2D eigenvalue weighted by Gasteiger charge is -2.38. The molecule has 9 heteroatoms. The van der Waals surface area contributed by atoms with E-state index in [1.807, 2.05) is 21.6 Å². The number of carbonyl (C=O) groups is 1. The maximum absolute atomic E-state index is 12.6. The maximum atomic E-state index is 12.6. The number of aromatic hydroxyl groups is 2. The molecule has 2 saturated carbocycles. The van der Waals surface area contributed by atoms with E-state index < -0.39 is 0 Å². The molecule has 8 rings (SSSR count). The number of nitrogens with zero attached hydrogens (tertiary/aromatic N) is 4. The number of likely N-dealkylation sites (tertiary alicyclic amines) is 1. The lowest BCUT2D eigenvalue weighted by Crippen LogP contribution is -2.44. The Bertz CT molecular complexity index is 1490. The van der Waals surface area contributed by atoms with Crippen molar-refractivity contribution in [2.24, 2.45) is 17.8 Å². The van der Waals surface area contributed by atoms with Gasteiger partial charge >= 0.3 is 0 Å². The van der Waals surface area contributed by atoms with Crippen molar-refractivity contribution in [1.82, 2.24) is 24.8 Å². The van der Waals surface area contributed by atoms with Crippen molar-refractivity contribution in [3.05, 3.63) is 41.1 Å². The van der Waals surface area contributed by atoms with E-state index in [0.717, 1.165) is 73.1 Å². The van der Waals surface area contributed by atoms with Gasteiger partial charge in [0.1, 0.15) is 0 Å². The average molecular weight is 574 g/mol. The number of hydrogen-bond acceptors (Lipinski definition) is 7. The van der Waals surface area contributed by atoms with Gasteiger partial charge in [-0.3, -0.25) is 14.7 Å². The number of piperidine rings is 1. The summed E-state index contributed by atoms with van der Waals surface area (Å²) in [5, 5.41) is 31.8. The topological polar surface area (TPSA) is 107 Å². The van der Waals surface area contributed by atoms with Crippen LogP contribution < -0.4 is 5.32 Å². The molecule has 2 saturated heterocycles. The molecule has 3 aromatic rings. The lowest BCUT2D eigenvalue weighted by atomic mass is 9.78. The minimum Gasteiger partial charge on any atom is -0.494 e. The highest BCUT2D eigenvalue weighted by molar-refractivity contribution is 5.81. The third-order valence-corrected chi connectivity index (χ3v) is 11.7. The molecule has 4 fully saturated rings. The average Bonchev–Trinajstić information content (AvgIpc) is 3.81. The molecular weight excluding hydrogens is 530 g/mol. The zero-order chi connectivity index (χ0) is 28.5. The summed E-state index contributed by atoms with van der Waals surface area (Å²) in [6.07, 6.45) is 7.90. The number of carbonyl (C=O) groups excluding carboxylic acids is 1. The summed E-state index contributed by atoms with van der Waals surface area (Å²) in [4.78, 5) is 17.2. The Morgan fingerprint density at radius 1 is 0.976 bits per heavy atom. The molecule has 0 spiro atoms. The molecule has 6 atom stereocenters. The minimum absolute atomic E-state index is 0.0896. The number of fused-ring (bicyclic) bond motifs is 6. The lowest BCUT2D eigenvalue weighted by molar-refractivity contribution is -0.129. The van der Waals surface area contributed by atoms with Gasteiger partial charge in [-0.2, -0.15) is 0 Å². The first-order chi connectivity index (χ1) is 20.5. The zero-order valence-electron chi connectivity index (χ0n) is 24.5. The predicted octanol–water partition coefficient (Wildman–Crippen LogP) is 4.71. The van der Waals surface area contributed by atoms with Gasteiger partial charge in [0.15, 0.2) is 17.3 Å². The molecule has 2 aromatic heterocycles. The number of nitrogens with one attached hydrogen (secondary N) is 1. The second kappa shape index (κ2) is 10.3. The van der Waals surface area contributed by atoms with E-state index in [4.69, 9.17) is 4.52 Å². The molecule has 2 bridgehead atoms. The Labute approximate surface area is 246 Å². The van der Waals surface area contributed by atoms with E-state index in [1.165, 1.54) is 19.3 Å². The summed E-state index contributed by atoms with van der Waals surface area (Å²) in [6.45, 7) is 7.06. The molecule has 2 aliphatic heterocycles. The van der Waals surface area contributed by atoms with E-state index in [-0.39, 0.29) is 41.5 Å². The van der Waals surface area contributed by atoms with E-state index >= 15 is 0 Å². The summed E-state index contributed by atoms with van der Waals surface area (Å²) in [5.41, 5.74) is 3.86. The second-order valence-corrected chi connectivity index (χ2v) is 13.8. The van der Waals surface area contributed by atoms with Crippen molar-refractivity contribution >= 4 is 16.9 Å². The van der Waals surface area contributed by atoms with Crippen molar-refractivity contribution in [1.29, 1.82) is 0 Å². The van der Waals surface area contributed by atoms with Crippen LogP contribution >= 0.6 is 0 Å². The van der Waals surface area contributed by atoms with Gasteiger partial charge in [0.2, 0.25) is 5.91 Å². The molecule has 1 amide bonds. The Morgan fingerprint density at radius 2 is 1.69 bits per heavy atom. The number of rotatable bonds is 6. The molecule has 3 aliphatic carbocycles. The molecule has 4 unspecified atom stereocenters. The van der Waals surface area contributed by atoms with Crippen molar-refractivity contribution in [2.45, 2.75) is 82.2 Å². The van der Waals surface area contributed by atoms with Gasteiger partial charge in [-0.1, -0.05) is 37.1 Å². The molecule has 5 aliphatic rings. The predicted molar refractivity (Wildman–Crippen MR) is 158 cm³/mol. The largest absolute Gasteiger partial charge is 0.494 e. The van der Waals surface area contributed by atoms with E-state index in [9.17, 15) is 15.0 Å². The quantitative estimate of drug-likeness (QED) is 0.392. The van der Waals surface area contributed by atoms with Crippen LogP contribution in [0.15, 0.2) is 28.8 Å². The van der Waals surface area contributed by atoms with Crippen LogP contribution in [0.2, 0.25) is 0 Å².